The topological polar surface area (TPSA) is 84.9 Å². The number of carboxylic acids is 1. The van der Waals surface area contributed by atoms with Crippen LogP contribution in [0.25, 0.3) is 0 Å². The normalized spacial score (nSPS) is 17.5. The lowest BCUT2D eigenvalue weighted by molar-refractivity contribution is -0.139. The van der Waals surface area contributed by atoms with Gasteiger partial charge in [0, 0.05) is 19.6 Å². The van der Waals surface area contributed by atoms with Crippen molar-refractivity contribution in [1.29, 1.82) is 0 Å². The standard InChI is InChI=1S/C19H27NO5/c1-19(13-18(22)23,15-4-3-5-16(12-15)24-2)20-17(21)7-6-14-8-10-25-11-9-14/h3-5,12,14H,6-11,13H2,1-2H3,(H,20,21)(H,22,23). The number of aliphatic carboxylic acids is 1. The van der Waals surface area contributed by atoms with Gasteiger partial charge in [-0.05, 0) is 49.8 Å². The maximum absolute atomic E-state index is 12.4. The number of benzene rings is 1. The Morgan fingerprint density at radius 3 is 2.72 bits per heavy atom. The Kier molecular flexibility index (Phi) is 6.82. The van der Waals surface area contributed by atoms with Crippen molar-refractivity contribution in [3.8, 4) is 5.75 Å². The van der Waals surface area contributed by atoms with E-state index < -0.39 is 11.5 Å². The first kappa shape index (κ1) is 19.2. The molecular weight excluding hydrogens is 322 g/mol. The van der Waals surface area contributed by atoms with Gasteiger partial charge in [0.05, 0.1) is 19.1 Å². The summed E-state index contributed by atoms with van der Waals surface area (Å²) < 4.78 is 10.5. The van der Waals surface area contributed by atoms with Gasteiger partial charge in [-0.25, -0.2) is 0 Å². The lowest BCUT2D eigenvalue weighted by Gasteiger charge is -2.31. The van der Waals surface area contributed by atoms with Crippen molar-refractivity contribution in [1.82, 2.24) is 5.32 Å². The van der Waals surface area contributed by atoms with Gasteiger partial charge in [0.2, 0.25) is 5.91 Å². The number of ether oxygens (including phenoxy) is 2. The number of carboxylic acid groups (broad SMARTS) is 1. The van der Waals surface area contributed by atoms with Crippen LogP contribution in [0.2, 0.25) is 0 Å². The molecule has 0 radical (unpaired) electrons. The van der Waals surface area contributed by atoms with E-state index in [0.717, 1.165) is 32.5 Å². The average Bonchev–Trinajstić information content (AvgIpc) is 2.60. The quantitative estimate of drug-likeness (QED) is 0.754. The smallest absolute Gasteiger partial charge is 0.306 e. The summed E-state index contributed by atoms with van der Waals surface area (Å²) in [7, 11) is 1.56. The second kappa shape index (κ2) is 8.85. The van der Waals surface area contributed by atoms with Gasteiger partial charge in [-0.3, -0.25) is 9.59 Å². The molecule has 25 heavy (non-hydrogen) atoms. The van der Waals surface area contributed by atoms with Crippen LogP contribution >= 0.6 is 0 Å². The van der Waals surface area contributed by atoms with E-state index in [-0.39, 0.29) is 12.3 Å². The molecular formula is C19H27NO5. The largest absolute Gasteiger partial charge is 0.497 e. The molecule has 0 aliphatic carbocycles. The van der Waals surface area contributed by atoms with Gasteiger partial charge in [0.25, 0.3) is 0 Å². The van der Waals surface area contributed by atoms with Crippen LogP contribution in [0, 0.1) is 5.92 Å². The van der Waals surface area contributed by atoms with Crippen molar-refractivity contribution in [3.63, 3.8) is 0 Å². The number of carbonyl (C=O) groups is 2. The van der Waals surface area contributed by atoms with Crippen LogP contribution in [0.4, 0.5) is 0 Å². The van der Waals surface area contributed by atoms with Crippen LogP contribution in [0.5, 0.6) is 5.75 Å². The SMILES string of the molecule is COc1cccc(C(C)(CC(=O)O)NC(=O)CCC2CCOCC2)c1. The fourth-order valence-corrected chi connectivity index (χ4v) is 3.23. The van der Waals surface area contributed by atoms with Crippen LogP contribution in [0.15, 0.2) is 24.3 Å². The number of hydrogen-bond donors (Lipinski definition) is 2. The van der Waals surface area contributed by atoms with Gasteiger partial charge in [0.15, 0.2) is 0 Å². The third kappa shape index (κ3) is 5.74. The minimum Gasteiger partial charge on any atom is -0.497 e. The molecule has 0 bridgehead atoms. The monoisotopic (exact) mass is 349 g/mol. The highest BCUT2D eigenvalue weighted by molar-refractivity contribution is 5.78. The molecule has 1 aromatic rings. The first-order chi connectivity index (χ1) is 11.9. The van der Waals surface area contributed by atoms with E-state index in [4.69, 9.17) is 9.47 Å². The van der Waals surface area contributed by atoms with E-state index in [1.165, 1.54) is 0 Å². The number of hydrogen-bond acceptors (Lipinski definition) is 4. The lowest BCUT2D eigenvalue weighted by atomic mass is 9.87. The van der Waals surface area contributed by atoms with Crippen molar-refractivity contribution in [2.75, 3.05) is 20.3 Å². The molecule has 1 atom stereocenters. The first-order valence-corrected chi connectivity index (χ1v) is 8.68. The Bertz CT molecular complexity index is 597. The summed E-state index contributed by atoms with van der Waals surface area (Å²) in [5.74, 6) is 0.0423. The van der Waals surface area contributed by atoms with E-state index in [2.05, 4.69) is 5.32 Å². The van der Waals surface area contributed by atoms with Crippen molar-refractivity contribution >= 4 is 11.9 Å². The van der Waals surface area contributed by atoms with Gasteiger partial charge in [-0.1, -0.05) is 12.1 Å². The van der Waals surface area contributed by atoms with Gasteiger partial charge < -0.3 is 19.9 Å². The number of methoxy groups -OCH3 is 1. The van der Waals surface area contributed by atoms with Gasteiger partial charge >= 0.3 is 5.97 Å². The van der Waals surface area contributed by atoms with Crippen molar-refractivity contribution in [3.05, 3.63) is 29.8 Å². The second-order valence-corrected chi connectivity index (χ2v) is 6.78. The number of carbonyl (C=O) groups excluding carboxylic acids is 1. The molecule has 0 saturated carbocycles. The molecule has 1 heterocycles. The van der Waals surface area contributed by atoms with Gasteiger partial charge in [-0.2, -0.15) is 0 Å². The summed E-state index contributed by atoms with van der Waals surface area (Å²) in [5.41, 5.74) is -0.263. The van der Waals surface area contributed by atoms with Crippen LogP contribution < -0.4 is 10.1 Å². The Hall–Kier alpha value is -2.08. The van der Waals surface area contributed by atoms with E-state index in [0.29, 0.717) is 23.7 Å². The third-order valence-corrected chi connectivity index (χ3v) is 4.75. The fourth-order valence-electron chi connectivity index (χ4n) is 3.23. The fraction of sp³-hybridized carbons (Fsp3) is 0.579. The van der Waals surface area contributed by atoms with Crippen molar-refractivity contribution in [2.45, 2.75) is 44.6 Å². The maximum Gasteiger partial charge on any atom is 0.306 e. The molecule has 1 aliphatic heterocycles. The Labute approximate surface area is 148 Å². The molecule has 0 aromatic heterocycles. The van der Waals surface area contributed by atoms with E-state index >= 15 is 0 Å². The van der Waals surface area contributed by atoms with Crippen molar-refractivity contribution in [2.24, 2.45) is 5.92 Å². The average molecular weight is 349 g/mol. The molecule has 1 fully saturated rings. The van der Waals surface area contributed by atoms with Crippen LogP contribution in [-0.4, -0.2) is 37.3 Å². The third-order valence-electron chi connectivity index (χ3n) is 4.75. The van der Waals surface area contributed by atoms with Gasteiger partial charge in [-0.15, -0.1) is 0 Å². The highest BCUT2D eigenvalue weighted by Gasteiger charge is 2.32. The first-order valence-electron chi connectivity index (χ1n) is 8.68. The minimum absolute atomic E-state index is 0.127. The Morgan fingerprint density at radius 2 is 2.08 bits per heavy atom. The molecule has 1 amide bonds. The Morgan fingerprint density at radius 1 is 1.36 bits per heavy atom. The molecule has 6 heteroatoms. The zero-order chi connectivity index (χ0) is 18.3. The van der Waals surface area contributed by atoms with Crippen LogP contribution in [0.1, 0.15) is 44.6 Å². The maximum atomic E-state index is 12.4. The second-order valence-electron chi connectivity index (χ2n) is 6.78. The predicted octanol–water partition coefficient (Wildman–Crippen LogP) is 2.71. The lowest BCUT2D eigenvalue weighted by Crippen LogP contribution is -2.45. The molecule has 2 N–H and O–H groups in total. The molecule has 2 rings (SSSR count). The molecule has 1 aliphatic rings. The molecule has 0 spiro atoms. The van der Waals surface area contributed by atoms with Crippen molar-refractivity contribution < 1.29 is 24.2 Å². The predicted molar refractivity (Wildman–Crippen MR) is 93.5 cm³/mol. The van der Waals surface area contributed by atoms with E-state index in [9.17, 15) is 14.7 Å². The number of amides is 1. The summed E-state index contributed by atoms with van der Waals surface area (Å²) in [6, 6.07) is 7.16. The van der Waals surface area contributed by atoms with E-state index in [1.807, 2.05) is 6.07 Å². The zero-order valence-corrected chi connectivity index (χ0v) is 14.9. The van der Waals surface area contributed by atoms with E-state index in [1.54, 1.807) is 32.2 Å². The summed E-state index contributed by atoms with van der Waals surface area (Å²) in [6.45, 7) is 3.25. The van der Waals surface area contributed by atoms with Gasteiger partial charge in [0.1, 0.15) is 5.75 Å². The minimum atomic E-state index is -0.979. The summed E-state index contributed by atoms with van der Waals surface area (Å²) in [4.78, 5) is 23.8. The van der Waals surface area contributed by atoms with Crippen LogP contribution in [-0.2, 0) is 19.9 Å². The summed E-state index contributed by atoms with van der Waals surface area (Å²) in [5, 5.41) is 12.2. The number of nitrogens with one attached hydrogen (secondary N) is 1. The molecule has 1 saturated heterocycles. The zero-order valence-electron chi connectivity index (χ0n) is 14.9. The Balaban J connectivity index is 2.04. The molecule has 1 unspecified atom stereocenters. The highest BCUT2D eigenvalue weighted by atomic mass is 16.5. The van der Waals surface area contributed by atoms with Crippen LogP contribution in [0.3, 0.4) is 0 Å². The highest BCUT2D eigenvalue weighted by Crippen LogP contribution is 2.28. The summed E-state index contributed by atoms with van der Waals surface area (Å²) in [6.07, 6.45) is 2.97. The molecule has 138 valence electrons. The molecule has 6 nitrogen and oxygen atoms in total. The number of rotatable bonds is 8. The molecule has 1 aromatic carbocycles. The summed E-state index contributed by atoms with van der Waals surface area (Å²) >= 11 is 0.